The highest BCUT2D eigenvalue weighted by atomic mass is 32.2. The molecule has 1 fully saturated rings. The highest BCUT2D eigenvalue weighted by Crippen LogP contribution is 2.45. The van der Waals surface area contributed by atoms with E-state index in [1.807, 2.05) is 19.9 Å². The zero-order valence-corrected chi connectivity index (χ0v) is 14.0. The fourth-order valence-electron chi connectivity index (χ4n) is 3.74. The molecule has 120 valence electrons. The lowest BCUT2D eigenvalue weighted by Gasteiger charge is -2.34. The summed E-state index contributed by atoms with van der Waals surface area (Å²) in [5.74, 6) is 0. The molecule has 1 saturated heterocycles. The molecule has 23 heavy (non-hydrogen) atoms. The first-order valence-corrected chi connectivity index (χ1v) is 9.32. The van der Waals surface area contributed by atoms with Crippen LogP contribution in [0.25, 0.3) is 0 Å². The van der Waals surface area contributed by atoms with Crippen molar-refractivity contribution in [3.05, 3.63) is 53.1 Å². The summed E-state index contributed by atoms with van der Waals surface area (Å²) in [7, 11) is -3.50. The van der Waals surface area contributed by atoms with E-state index in [0.29, 0.717) is 11.3 Å². The van der Waals surface area contributed by atoms with E-state index in [1.165, 1.54) is 0 Å². The lowest BCUT2D eigenvalue weighted by molar-refractivity contribution is 0.300. The van der Waals surface area contributed by atoms with Gasteiger partial charge in [0.15, 0.2) is 0 Å². The summed E-state index contributed by atoms with van der Waals surface area (Å²) in [4.78, 5) is 8.83. The van der Waals surface area contributed by atoms with Gasteiger partial charge in [0.1, 0.15) is 6.33 Å². The fourth-order valence-corrected chi connectivity index (χ4v) is 5.68. The van der Waals surface area contributed by atoms with Crippen molar-refractivity contribution in [1.29, 1.82) is 0 Å². The number of benzene rings is 1. The van der Waals surface area contributed by atoms with Crippen molar-refractivity contribution in [2.24, 2.45) is 0 Å². The number of aryl methyl sites for hydroxylation is 2. The Morgan fingerprint density at radius 3 is 2.78 bits per heavy atom. The van der Waals surface area contributed by atoms with Crippen LogP contribution in [0.1, 0.15) is 41.3 Å². The van der Waals surface area contributed by atoms with Crippen LogP contribution in [0.15, 0.2) is 35.6 Å². The molecule has 2 aliphatic heterocycles. The Hall–Kier alpha value is -1.79. The van der Waals surface area contributed by atoms with Gasteiger partial charge in [-0.2, -0.15) is 4.31 Å². The Labute approximate surface area is 136 Å². The van der Waals surface area contributed by atoms with E-state index >= 15 is 0 Å². The van der Waals surface area contributed by atoms with Gasteiger partial charge in [0.05, 0.1) is 16.6 Å². The molecule has 1 aromatic carbocycles. The molecular formula is C17H19N3O2S. The second-order valence-corrected chi connectivity index (χ2v) is 8.30. The van der Waals surface area contributed by atoms with E-state index in [2.05, 4.69) is 9.97 Å². The van der Waals surface area contributed by atoms with Gasteiger partial charge in [-0.25, -0.2) is 18.4 Å². The predicted molar refractivity (Wildman–Crippen MR) is 86.4 cm³/mol. The minimum atomic E-state index is -3.50. The summed E-state index contributed by atoms with van der Waals surface area (Å²) >= 11 is 0. The number of fused-ring (bicyclic) bond motifs is 4. The third-order valence-corrected chi connectivity index (χ3v) is 7.07. The zero-order chi connectivity index (χ0) is 16.2. The highest BCUT2D eigenvalue weighted by Gasteiger charge is 2.47. The molecule has 2 atom stereocenters. The standard InChI is InChI=1S/C17H19N3O2S/c1-11-3-5-14(7-12(11)2)23(21,22)20-13-4-6-17(20)15-9-18-10-19-16(15)8-13/h3,5,7,9-10,13,17H,4,6,8H2,1-2H3. The first-order valence-electron chi connectivity index (χ1n) is 7.88. The smallest absolute Gasteiger partial charge is 0.243 e. The number of hydrogen-bond donors (Lipinski definition) is 0. The van der Waals surface area contributed by atoms with E-state index in [-0.39, 0.29) is 12.1 Å². The highest BCUT2D eigenvalue weighted by molar-refractivity contribution is 7.89. The normalized spacial score (nSPS) is 23.7. The molecule has 2 bridgehead atoms. The summed E-state index contributed by atoms with van der Waals surface area (Å²) in [5.41, 5.74) is 4.07. The Bertz CT molecular complexity index is 879. The Kier molecular flexibility index (Phi) is 3.28. The van der Waals surface area contributed by atoms with Crippen LogP contribution >= 0.6 is 0 Å². The van der Waals surface area contributed by atoms with Gasteiger partial charge in [0.2, 0.25) is 10.0 Å². The average molecular weight is 329 g/mol. The molecule has 0 saturated carbocycles. The number of hydrogen-bond acceptors (Lipinski definition) is 4. The van der Waals surface area contributed by atoms with Gasteiger partial charge >= 0.3 is 0 Å². The molecule has 2 aliphatic rings. The van der Waals surface area contributed by atoms with Crippen molar-refractivity contribution in [3.63, 3.8) is 0 Å². The minimum absolute atomic E-state index is 0.00834. The Morgan fingerprint density at radius 2 is 2.00 bits per heavy atom. The molecule has 0 spiro atoms. The van der Waals surface area contributed by atoms with E-state index in [4.69, 9.17) is 0 Å². The zero-order valence-electron chi connectivity index (χ0n) is 13.2. The van der Waals surface area contributed by atoms with Crippen LogP contribution in [0, 0.1) is 13.8 Å². The van der Waals surface area contributed by atoms with Crippen molar-refractivity contribution >= 4 is 10.0 Å². The van der Waals surface area contributed by atoms with Gasteiger partial charge < -0.3 is 0 Å². The topological polar surface area (TPSA) is 63.2 Å². The molecule has 6 heteroatoms. The number of nitrogens with zero attached hydrogens (tertiary/aromatic N) is 3. The molecule has 0 amide bonds. The first kappa shape index (κ1) is 14.8. The Balaban J connectivity index is 1.80. The molecule has 0 radical (unpaired) electrons. The first-order chi connectivity index (χ1) is 11.0. The summed E-state index contributed by atoms with van der Waals surface area (Å²) in [6, 6.07) is 5.26. The average Bonchev–Trinajstić information content (AvgIpc) is 2.86. The van der Waals surface area contributed by atoms with E-state index < -0.39 is 10.0 Å². The SMILES string of the molecule is Cc1ccc(S(=O)(=O)N2C3CCC2c2cncnc2C3)cc1C. The van der Waals surface area contributed by atoms with Gasteiger partial charge in [0.25, 0.3) is 0 Å². The lowest BCUT2D eigenvalue weighted by atomic mass is 10.0. The van der Waals surface area contributed by atoms with E-state index in [9.17, 15) is 8.42 Å². The van der Waals surface area contributed by atoms with Crippen LogP contribution in [0.2, 0.25) is 0 Å². The van der Waals surface area contributed by atoms with Crippen molar-refractivity contribution in [2.75, 3.05) is 0 Å². The maximum Gasteiger partial charge on any atom is 0.243 e. The molecule has 1 aromatic heterocycles. The molecule has 4 rings (SSSR count). The monoisotopic (exact) mass is 329 g/mol. The quantitative estimate of drug-likeness (QED) is 0.849. The predicted octanol–water partition coefficient (Wildman–Crippen LogP) is 2.54. The Morgan fingerprint density at radius 1 is 1.17 bits per heavy atom. The molecule has 0 N–H and O–H groups in total. The largest absolute Gasteiger partial charge is 0.244 e. The maximum atomic E-state index is 13.2. The molecule has 0 aliphatic carbocycles. The molecule has 5 nitrogen and oxygen atoms in total. The van der Waals surface area contributed by atoms with Crippen molar-refractivity contribution < 1.29 is 8.42 Å². The van der Waals surface area contributed by atoms with Crippen molar-refractivity contribution in [2.45, 2.75) is 50.1 Å². The molecule has 2 aromatic rings. The van der Waals surface area contributed by atoms with Crippen LogP contribution in [0.3, 0.4) is 0 Å². The molecule has 3 heterocycles. The second kappa shape index (κ2) is 5.11. The summed E-state index contributed by atoms with van der Waals surface area (Å²) < 4.78 is 28.1. The van der Waals surface area contributed by atoms with Crippen LogP contribution in [0.4, 0.5) is 0 Å². The van der Waals surface area contributed by atoms with Crippen LogP contribution in [-0.4, -0.2) is 28.7 Å². The maximum absolute atomic E-state index is 13.2. The van der Waals surface area contributed by atoms with Gasteiger partial charge in [-0.1, -0.05) is 6.07 Å². The fraction of sp³-hybridized carbons (Fsp3) is 0.412. The molecular weight excluding hydrogens is 310 g/mol. The van der Waals surface area contributed by atoms with E-state index in [1.54, 1.807) is 29.0 Å². The summed E-state index contributed by atoms with van der Waals surface area (Å²) in [5, 5.41) is 0. The minimum Gasteiger partial charge on any atom is -0.244 e. The summed E-state index contributed by atoms with van der Waals surface area (Å²) in [6.07, 6.45) is 5.72. The van der Waals surface area contributed by atoms with Gasteiger partial charge in [-0.3, -0.25) is 0 Å². The number of sulfonamides is 1. The van der Waals surface area contributed by atoms with Gasteiger partial charge in [-0.05, 0) is 49.9 Å². The van der Waals surface area contributed by atoms with Crippen LogP contribution < -0.4 is 0 Å². The van der Waals surface area contributed by atoms with E-state index in [0.717, 1.165) is 35.2 Å². The third-order valence-electron chi connectivity index (χ3n) is 5.11. The second-order valence-electron chi connectivity index (χ2n) is 6.46. The number of rotatable bonds is 2. The summed E-state index contributed by atoms with van der Waals surface area (Å²) in [6.45, 7) is 3.94. The van der Waals surface area contributed by atoms with Crippen molar-refractivity contribution in [1.82, 2.24) is 14.3 Å². The van der Waals surface area contributed by atoms with Crippen molar-refractivity contribution in [3.8, 4) is 0 Å². The van der Waals surface area contributed by atoms with Gasteiger partial charge in [0, 0.05) is 24.2 Å². The van der Waals surface area contributed by atoms with Crippen LogP contribution in [0.5, 0.6) is 0 Å². The van der Waals surface area contributed by atoms with Crippen LogP contribution in [-0.2, 0) is 16.4 Å². The molecule has 2 unspecified atom stereocenters. The third kappa shape index (κ3) is 2.20. The van der Waals surface area contributed by atoms with Gasteiger partial charge in [-0.15, -0.1) is 0 Å². The number of aromatic nitrogens is 2. The lowest BCUT2D eigenvalue weighted by Crippen LogP contribution is -2.42.